The summed E-state index contributed by atoms with van der Waals surface area (Å²) in [6.07, 6.45) is 0.400. The second kappa shape index (κ2) is 4.97. The Hall–Kier alpha value is -2.21. The van der Waals surface area contributed by atoms with Crippen molar-refractivity contribution < 1.29 is 14.7 Å². The molecule has 0 saturated heterocycles. The number of carboxylic acid groups (broad SMARTS) is 1. The Morgan fingerprint density at radius 2 is 2.06 bits per heavy atom. The van der Waals surface area contributed by atoms with Crippen molar-refractivity contribution >= 4 is 23.2 Å². The minimum atomic E-state index is -1.05. The predicted molar refractivity (Wildman–Crippen MR) is 66.8 cm³/mol. The quantitative estimate of drug-likeness (QED) is 0.873. The first-order valence-electron chi connectivity index (χ1n) is 5.13. The number of thiazole rings is 1. The number of rotatable bonds is 4. The van der Waals surface area contributed by atoms with E-state index < -0.39 is 11.9 Å². The van der Waals surface area contributed by atoms with Gasteiger partial charge in [-0.05, 0) is 11.6 Å². The first-order valence-corrected chi connectivity index (χ1v) is 6.01. The van der Waals surface area contributed by atoms with Crippen molar-refractivity contribution in [1.82, 2.24) is 4.98 Å². The van der Waals surface area contributed by atoms with E-state index in [2.05, 4.69) is 4.98 Å². The van der Waals surface area contributed by atoms with Crippen molar-refractivity contribution in [3.05, 3.63) is 51.5 Å². The Morgan fingerprint density at radius 1 is 1.33 bits per heavy atom. The maximum Gasteiger partial charge on any atom is 0.355 e. The molecule has 0 radical (unpaired) electrons. The lowest BCUT2D eigenvalue weighted by molar-refractivity contribution is 0.0691. The smallest absolute Gasteiger partial charge is 0.355 e. The molecular weight excluding hydrogens is 252 g/mol. The van der Waals surface area contributed by atoms with E-state index in [9.17, 15) is 9.59 Å². The van der Waals surface area contributed by atoms with Crippen LogP contribution in [0.3, 0.4) is 0 Å². The summed E-state index contributed by atoms with van der Waals surface area (Å²) >= 11 is 1.25. The monoisotopic (exact) mass is 262 g/mol. The third-order valence-corrected chi connectivity index (χ3v) is 3.24. The van der Waals surface area contributed by atoms with Gasteiger partial charge in [-0.25, -0.2) is 9.78 Å². The number of carbonyl (C=O) groups is 2. The highest BCUT2D eigenvalue weighted by Gasteiger charge is 2.12. The van der Waals surface area contributed by atoms with Crippen molar-refractivity contribution in [2.45, 2.75) is 6.42 Å². The molecule has 6 heteroatoms. The average molecular weight is 262 g/mol. The number of benzene rings is 1. The van der Waals surface area contributed by atoms with Gasteiger partial charge in [0, 0.05) is 17.4 Å². The maximum atomic E-state index is 11.2. The van der Waals surface area contributed by atoms with Gasteiger partial charge in [0.2, 0.25) is 5.91 Å². The fraction of sp³-hybridized carbons (Fsp3) is 0.0833. The molecule has 0 spiro atoms. The van der Waals surface area contributed by atoms with E-state index in [1.54, 1.807) is 24.3 Å². The van der Waals surface area contributed by atoms with E-state index in [-0.39, 0.29) is 5.69 Å². The molecule has 0 atom stereocenters. The average Bonchev–Trinajstić information content (AvgIpc) is 2.78. The van der Waals surface area contributed by atoms with E-state index in [4.69, 9.17) is 10.8 Å². The first kappa shape index (κ1) is 12.3. The third-order valence-electron chi connectivity index (χ3n) is 2.40. The molecule has 5 nitrogen and oxygen atoms in total. The van der Waals surface area contributed by atoms with Crippen LogP contribution in [0.1, 0.15) is 31.4 Å². The fourth-order valence-electron chi connectivity index (χ4n) is 1.57. The van der Waals surface area contributed by atoms with Crippen LogP contribution in [0.2, 0.25) is 0 Å². The molecule has 3 N–H and O–H groups in total. The number of aromatic carboxylic acids is 1. The summed E-state index contributed by atoms with van der Waals surface area (Å²) in [5.41, 5.74) is 6.47. The Balaban J connectivity index is 2.28. The minimum Gasteiger partial charge on any atom is -0.476 e. The van der Waals surface area contributed by atoms with Crippen LogP contribution in [-0.2, 0) is 6.42 Å². The highest BCUT2D eigenvalue weighted by Crippen LogP contribution is 2.17. The van der Waals surface area contributed by atoms with Gasteiger partial charge in [-0.15, -0.1) is 11.3 Å². The summed E-state index contributed by atoms with van der Waals surface area (Å²) in [6.45, 7) is 0. The van der Waals surface area contributed by atoms with Gasteiger partial charge in [0.05, 0.1) is 5.01 Å². The predicted octanol–water partition coefficient (Wildman–Crippen LogP) is 1.53. The lowest BCUT2D eigenvalue weighted by Crippen LogP contribution is -2.13. The van der Waals surface area contributed by atoms with Gasteiger partial charge in [0.25, 0.3) is 0 Å². The minimum absolute atomic E-state index is 0.0200. The van der Waals surface area contributed by atoms with Crippen LogP contribution in [0.15, 0.2) is 29.6 Å². The number of hydrogen-bond acceptors (Lipinski definition) is 4. The second-order valence-electron chi connectivity index (χ2n) is 3.63. The maximum absolute atomic E-state index is 11.2. The van der Waals surface area contributed by atoms with E-state index in [0.717, 1.165) is 5.56 Å². The fourth-order valence-corrected chi connectivity index (χ4v) is 2.36. The van der Waals surface area contributed by atoms with Crippen molar-refractivity contribution in [3.8, 4) is 0 Å². The lowest BCUT2D eigenvalue weighted by Gasteiger charge is -2.03. The SMILES string of the molecule is NC(=O)c1ccccc1Cc1nc(C(=O)O)cs1. The van der Waals surface area contributed by atoms with Crippen LogP contribution < -0.4 is 5.73 Å². The van der Waals surface area contributed by atoms with Crippen LogP contribution in [0.5, 0.6) is 0 Å². The summed E-state index contributed by atoms with van der Waals surface area (Å²) < 4.78 is 0. The van der Waals surface area contributed by atoms with Crippen LogP contribution in [-0.4, -0.2) is 22.0 Å². The number of primary amides is 1. The van der Waals surface area contributed by atoms with Crippen LogP contribution in [0.25, 0.3) is 0 Å². The highest BCUT2D eigenvalue weighted by atomic mass is 32.1. The number of nitrogens with zero attached hydrogens (tertiary/aromatic N) is 1. The zero-order valence-corrected chi connectivity index (χ0v) is 10.1. The van der Waals surface area contributed by atoms with Crippen molar-refractivity contribution in [2.75, 3.05) is 0 Å². The molecule has 0 aliphatic rings. The molecule has 2 rings (SSSR count). The van der Waals surface area contributed by atoms with E-state index >= 15 is 0 Å². The van der Waals surface area contributed by atoms with Gasteiger partial charge in [-0.3, -0.25) is 4.79 Å². The molecule has 1 aromatic carbocycles. The zero-order chi connectivity index (χ0) is 13.1. The molecule has 0 fully saturated rings. The molecule has 2 aromatic rings. The van der Waals surface area contributed by atoms with Crippen LogP contribution in [0.4, 0.5) is 0 Å². The summed E-state index contributed by atoms with van der Waals surface area (Å²) in [6, 6.07) is 6.95. The molecule has 18 heavy (non-hydrogen) atoms. The van der Waals surface area contributed by atoms with Gasteiger partial charge in [-0.1, -0.05) is 18.2 Å². The molecule has 0 aliphatic carbocycles. The normalized spacial score (nSPS) is 10.2. The molecule has 0 aliphatic heterocycles. The molecule has 92 valence electrons. The molecule has 1 aromatic heterocycles. The zero-order valence-electron chi connectivity index (χ0n) is 9.29. The number of amides is 1. The molecule has 1 heterocycles. The van der Waals surface area contributed by atoms with Crippen molar-refractivity contribution in [1.29, 1.82) is 0 Å². The van der Waals surface area contributed by atoms with Gasteiger partial charge in [-0.2, -0.15) is 0 Å². The summed E-state index contributed by atoms with van der Waals surface area (Å²) in [5.74, 6) is -1.55. The van der Waals surface area contributed by atoms with Gasteiger partial charge in [0.15, 0.2) is 5.69 Å². The van der Waals surface area contributed by atoms with Crippen molar-refractivity contribution in [3.63, 3.8) is 0 Å². The Kier molecular flexibility index (Phi) is 3.38. The lowest BCUT2D eigenvalue weighted by atomic mass is 10.0. The second-order valence-corrected chi connectivity index (χ2v) is 4.57. The summed E-state index contributed by atoms with van der Waals surface area (Å²) in [7, 11) is 0. The van der Waals surface area contributed by atoms with Gasteiger partial charge in [0.1, 0.15) is 0 Å². The van der Waals surface area contributed by atoms with E-state index in [1.807, 2.05) is 0 Å². The van der Waals surface area contributed by atoms with Crippen molar-refractivity contribution in [2.24, 2.45) is 5.73 Å². The molecular formula is C12H10N2O3S. The van der Waals surface area contributed by atoms with E-state index in [0.29, 0.717) is 17.0 Å². The summed E-state index contributed by atoms with van der Waals surface area (Å²) in [4.78, 5) is 25.9. The topological polar surface area (TPSA) is 93.3 Å². The van der Waals surface area contributed by atoms with E-state index in [1.165, 1.54) is 16.7 Å². The number of carbonyl (C=O) groups excluding carboxylic acids is 1. The number of hydrogen-bond donors (Lipinski definition) is 2. The van der Waals surface area contributed by atoms with Crippen LogP contribution >= 0.6 is 11.3 Å². The highest BCUT2D eigenvalue weighted by molar-refractivity contribution is 7.09. The first-order chi connectivity index (χ1) is 8.58. The number of aromatic nitrogens is 1. The Bertz CT molecular complexity index is 607. The number of carboxylic acids is 1. The van der Waals surface area contributed by atoms with Gasteiger partial charge < -0.3 is 10.8 Å². The molecule has 0 bridgehead atoms. The van der Waals surface area contributed by atoms with Crippen LogP contribution in [0, 0.1) is 0 Å². The van der Waals surface area contributed by atoms with Gasteiger partial charge >= 0.3 is 5.97 Å². The molecule has 0 saturated carbocycles. The third kappa shape index (κ3) is 2.54. The Labute approximate surface area is 107 Å². The standard InChI is InChI=1S/C12H10N2O3S/c13-11(15)8-4-2-1-3-7(8)5-10-14-9(6-18-10)12(16)17/h1-4,6H,5H2,(H2,13,15)(H,16,17). The molecule has 1 amide bonds. The number of nitrogens with two attached hydrogens (primary N) is 1. The molecule has 0 unspecified atom stereocenters. The largest absolute Gasteiger partial charge is 0.476 e. The Morgan fingerprint density at radius 3 is 2.67 bits per heavy atom. The summed E-state index contributed by atoms with van der Waals surface area (Å²) in [5, 5.41) is 10.9.